The predicted molar refractivity (Wildman–Crippen MR) is 72.3 cm³/mol. The van der Waals surface area contributed by atoms with Crippen molar-refractivity contribution in [3.8, 4) is 0 Å². The van der Waals surface area contributed by atoms with Crippen molar-refractivity contribution < 1.29 is 0 Å². The molecule has 18 heavy (non-hydrogen) atoms. The molecule has 1 aromatic carbocycles. The van der Waals surface area contributed by atoms with Crippen LogP contribution in [0.25, 0.3) is 0 Å². The van der Waals surface area contributed by atoms with E-state index in [1.54, 1.807) is 11.0 Å². The number of hydrogen-bond acceptors (Lipinski definition) is 3. The lowest BCUT2D eigenvalue weighted by Crippen LogP contribution is -2.18. The molecule has 0 spiro atoms. The summed E-state index contributed by atoms with van der Waals surface area (Å²) >= 11 is 0. The van der Waals surface area contributed by atoms with Gasteiger partial charge in [0.1, 0.15) is 6.33 Å². The maximum Gasteiger partial charge on any atom is 0.151 e. The van der Waals surface area contributed by atoms with Gasteiger partial charge in [0.2, 0.25) is 0 Å². The maximum absolute atomic E-state index is 4.26. The van der Waals surface area contributed by atoms with Crippen LogP contribution in [0.15, 0.2) is 24.5 Å². The molecule has 2 rings (SSSR count). The molecule has 0 radical (unpaired) electrons. The van der Waals surface area contributed by atoms with Crippen molar-refractivity contribution in [2.24, 2.45) is 7.05 Å². The number of aryl methyl sites for hydroxylation is 3. The third kappa shape index (κ3) is 3.17. The molecule has 0 atom stereocenters. The molecule has 0 aliphatic carbocycles. The van der Waals surface area contributed by atoms with Gasteiger partial charge in [-0.05, 0) is 30.5 Å². The maximum atomic E-state index is 4.26. The number of hydrogen-bond donors (Lipinski definition) is 1. The monoisotopic (exact) mass is 244 g/mol. The minimum atomic E-state index is 0.867. The number of nitrogens with one attached hydrogen (secondary N) is 1. The normalized spacial score (nSPS) is 10.8. The van der Waals surface area contributed by atoms with Crippen LogP contribution in [-0.2, 0) is 20.0 Å². The molecule has 0 aliphatic heterocycles. The Labute approximate surface area is 108 Å². The fourth-order valence-electron chi connectivity index (χ4n) is 2.04. The quantitative estimate of drug-likeness (QED) is 0.815. The lowest BCUT2D eigenvalue weighted by Gasteiger charge is -2.10. The van der Waals surface area contributed by atoms with Gasteiger partial charge in [-0.25, -0.2) is 4.98 Å². The average Bonchev–Trinajstić information content (AvgIpc) is 2.73. The van der Waals surface area contributed by atoms with Gasteiger partial charge >= 0.3 is 0 Å². The molecule has 1 heterocycles. The Hall–Kier alpha value is -1.68. The second-order valence-electron chi connectivity index (χ2n) is 4.63. The van der Waals surface area contributed by atoms with Crippen LogP contribution in [0.3, 0.4) is 0 Å². The van der Waals surface area contributed by atoms with Crippen molar-refractivity contribution in [3.05, 3.63) is 47.0 Å². The van der Waals surface area contributed by atoms with Crippen molar-refractivity contribution in [1.29, 1.82) is 0 Å². The molecular weight excluding hydrogens is 224 g/mol. The Morgan fingerprint density at radius 3 is 2.56 bits per heavy atom. The molecule has 0 saturated carbocycles. The summed E-state index contributed by atoms with van der Waals surface area (Å²) in [7, 11) is 1.89. The van der Waals surface area contributed by atoms with E-state index >= 15 is 0 Å². The van der Waals surface area contributed by atoms with Gasteiger partial charge in [-0.2, -0.15) is 5.10 Å². The van der Waals surface area contributed by atoms with Gasteiger partial charge in [0.05, 0.1) is 0 Å². The highest BCUT2D eigenvalue weighted by Crippen LogP contribution is 2.12. The fraction of sp³-hybridized carbons (Fsp3) is 0.429. The van der Waals surface area contributed by atoms with Crippen LogP contribution < -0.4 is 5.32 Å². The third-order valence-electron chi connectivity index (χ3n) is 3.12. The van der Waals surface area contributed by atoms with Gasteiger partial charge in [0.25, 0.3) is 0 Å². The summed E-state index contributed by atoms with van der Waals surface area (Å²) in [5.41, 5.74) is 4.09. The molecule has 2 aromatic rings. The number of rotatable bonds is 5. The van der Waals surface area contributed by atoms with Crippen molar-refractivity contribution in [2.75, 3.05) is 6.54 Å². The highest BCUT2D eigenvalue weighted by atomic mass is 15.3. The lowest BCUT2D eigenvalue weighted by atomic mass is 10.0. The first-order valence-electron chi connectivity index (χ1n) is 6.27. The van der Waals surface area contributed by atoms with E-state index < -0.39 is 0 Å². The summed E-state index contributed by atoms with van der Waals surface area (Å²) < 4.78 is 1.74. The first-order valence-corrected chi connectivity index (χ1v) is 6.27. The Morgan fingerprint density at radius 2 is 1.94 bits per heavy atom. The van der Waals surface area contributed by atoms with Crippen LogP contribution in [0.4, 0.5) is 0 Å². The number of nitrogens with zero attached hydrogens (tertiary/aromatic N) is 3. The standard InChI is InChI=1S/C14H20N4/c1-11-5-4-6-12(2)13(11)9-15-8-7-14-16-10-18(3)17-14/h4-6,10,15H,7-9H2,1-3H3. The summed E-state index contributed by atoms with van der Waals surface area (Å²) in [6.07, 6.45) is 2.60. The van der Waals surface area contributed by atoms with Gasteiger partial charge in [-0.15, -0.1) is 0 Å². The molecule has 0 unspecified atom stereocenters. The van der Waals surface area contributed by atoms with E-state index in [0.717, 1.165) is 25.3 Å². The highest BCUT2D eigenvalue weighted by Gasteiger charge is 2.02. The minimum absolute atomic E-state index is 0.867. The highest BCUT2D eigenvalue weighted by molar-refractivity contribution is 5.33. The molecule has 1 N–H and O–H groups in total. The largest absolute Gasteiger partial charge is 0.312 e. The molecule has 96 valence electrons. The van der Waals surface area contributed by atoms with Crippen molar-refractivity contribution in [1.82, 2.24) is 20.1 Å². The zero-order chi connectivity index (χ0) is 13.0. The third-order valence-corrected chi connectivity index (χ3v) is 3.12. The Balaban J connectivity index is 1.82. The zero-order valence-corrected chi connectivity index (χ0v) is 11.3. The minimum Gasteiger partial charge on any atom is -0.312 e. The average molecular weight is 244 g/mol. The summed E-state index contributed by atoms with van der Waals surface area (Å²) in [6, 6.07) is 6.42. The van der Waals surface area contributed by atoms with E-state index in [-0.39, 0.29) is 0 Å². The van der Waals surface area contributed by atoms with Crippen LogP contribution in [-0.4, -0.2) is 21.3 Å². The molecule has 0 fully saturated rings. The first kappa shape index (κ1) is 12.8. The smallest absolute Gasteiger partial charge is 0.151 e. The van der Waals surface area contributed by atoms with Crippen LogP contribution in [0.5, 0.6) is 0 Å². The summed E-state index contributed by atoms with van der Waals surface area (Å²) in [4.78, 5) is 4.21. The van der Waals surface area contributed by atoms with Crippen LogP contribution in [0.2, 0.25) is 0 Å². The molecule has 0 saturated heterocycles. The topological polar surface area (TPSA) is 42.7 Å². The molecule has 4 heteroatoms. The van der Waals surface area contributed by atoms with Crippen LogP contribution in [0.1, 0.15) is 22.5 Å². The van der Waals surface area contributed by atoms with E-state index in [4.69, 9.17) is 0 Å². The summed E-state index contributed by atoms with van der Waals surface area (Å²) in [5.74, 6) is 0.895. The van der Waals surface area contributed by atoms with Crippen molar-refractivity contribution >= 4 is 0 Å². The molecule has 0 bridgehead atoms. The summed E-state index contributed by atoms with van der Waals surface area (Å²) in [6.45, 7) is 6.12. The van der Waals surface area contributed by atoms with Crippen LogP contribution >= 0.6 is 0 Å². The lowest BCUT2D eigenvalue weighted by molar-refractivity contribution is 0.658. The van der Waals surface area contributed by atoms with E-state index in [0.29, 0.717) is 0 Å². The molecular formula is C14H20N4. The van der Waals surface area contributed by atoms with E-state index in [2.05, 4.69) is 47.4 Å². The van der Waals surface area contributed by atoms with Crippen molar-refractivity contribution in [2.45, 2.75) is 26.8 Å². The number of benzene rings is 1. The van der Waals surface area contributed by atoms with Gasteiger partial charge in [0.15, 0.2) is 5.82 Å². The molecule has 0 aliphatic rings. The van der Waals surface area contributed by atoms with E-state index in [1.807, 2.05) is 7.05 Å². The van der Waals surface area contributed by atoms with Gasteiger partial charge in [-0.3, -0.25) is 4.68 Å². The van der Waals surface area contributed by atoms with Gasteiger partial charge < -0.3 is 5.32 Å². The SMILES string of the molecule is Cc1cccc(C)c1CNCCc1ncn(C)n1. The molecule has 4 nitrogen and oxygen atoms in total. The Kier molecular flexibility index (Phi) is 4.10. The van der Waals surface area contributed by atoms with E-state index in [1.165, 1.54) is 16.7 Å². The second-order valence-corrected chi connectivity index (χ2v) is 4.63. The van der Waals surface area contributed by atoms with Gasteiger partial charge in [-0.1, -0.05) is 18.2 Å². The number of aromatic nitrogens is 3. The van der Waals surface area contributed by atoms with Crippen LogP contribution in [0, 0.1) is 13.8 Å². The van der Waals surface area contributed by atoms with Gasteiger partial charge in [0, 0.05) is 26.6 Å². The molecule has 0 amide bonds. The predicted octanol–water partition coefficient (Wildman–Crippen LogP) is 1.76. The second kappa shape index (κ2) is 5.78. The Bertz CT molecular complexity index is 496. The Morgan fingerprint density at radius 1 is 1.22 bits per heavy atom. The van der Waals surface area contributed by atoms with Crippen molar-refractivity contribution in [3.63, 3.8) is 0 Å². The molecule has 1 aromatic heterocycles. The summed E-state index contributed by atoms with van der Waals surface area (Å²) in [5, 5.41) is 7.71. The fourth-order valence-corrected chi connectivity index (χ4v) is 2.04. The van der Waals surface area contributed by atoms with E-state index in [9.17, 15) is 0 Å². The first-order chi connectivity index (χ1) is 8.66. The zero-order valence-electron chi connectivity index (χ0n) is 11.3.